The first-order chi connectivity index (χ1) is 12.4. The zero-order valence-electron chi connectivity index (χ0n) is 15.8. The van der Waals surface area contributed by atoms with Crippen molar-refractivity contribution in [2.75, 3.05) is 37.8 Å². The molecule has 140 valence electrons. The third kappa shape index (κ3) is 6.68. The number of rotatable bonds is 9. The molecule has 26 heavy (non-hydrogen) atoms. The van der Waals surface area contributed by atoms with Gasteiger partial charge in [0.2, 0.25) is 5.95 Å². The van der Waals surface area contributed by atoms with Gasteiger partial charge < -0.3 is 20.3 Å². The van der Waals surface area contributed by atoms with Crippen molar-refractivity contribution in [3.05, 3.63) is 42.2 Å². The van der Waals surface area contributed by atoms with E-state index in [4.69, 9.17) is 4.74 Å². The van der Waals surface area contributed by atoms with Crippen molar-refractivity contribution >= 4 is 17.5 Å². The number of carbonyl (C=O) groups excluding carboxylic acids is 1. The van der Waals surface area contributed by atoms with Crippen LogP contribution >= 0.6 is 0 Å². The van der Waals surface area contributed by atoms with Crippen LogP contribution in [0.3, 0.4) is 0 Å². The van der Waals surface area contributed by atoms with E-state index in [0.717, 1.165) is 25.3 Å². The van der Waals surface area contributed by atoms with Gasteiger partial charge in [-0.1, -0.05) is 0 Å². The predicted octanol–water partition coefficient (Wildman–Crippen LogP) is 2.88. The molecule has 2 aromatic rings. The summed E-state index contributed by atoms with van der Waals surface area (Å²) in [5.41, 5.74) is 1.10. The number of amides is 1. The molecule has 0 aliphatic carbocycles. The van der Waals surface area contributed by atoms with Gasteiger partial charge >= 0.3 is 0 Å². The topological polar surface area (TPSA) is 79.4 Å². The summed E-state index contributed by atoms with van der Waals surface area (Å²) >= 11 is 0. The first kappa shape index (κ1) is 19.7. The minimum absolute atomic E-state index is 0.114. The molecule has 0 bridgehead atoms. The summed E-state index contributed by atoms with van der Waals surface area (Å²) in [6.07, 6.45) is 4.15. The van der Waals surface area contributed by atoms with Gasteiger partial charge in [0.1, 0.15) is 5.75 Å². The molecule has 2 N–H and O–H groups in total. The average molecular weight is 357 g/mol. The second-order valence-electron chi connectivity index (χ2n) is 6.52. The molecule has 1 amide bonds. The van der Waals surface area contributed by atoms with Crippen molar-refractivity contribution in [1.29, 1.82) is 0 Å². The molecule has 0 fully saturated rings. The van der Waals surface area contributed by atoms with E-state index in [2.05, 4.69) is 25.5 Å². The Bertz CT molecular complexity index is 684. The summed E-state index contributed by atoms with van der Waals surface area (Å²) < 4.78 is 5.58. The van der Waals surface area contributed by atoms with Crippen LogP contribution < -0.4 is 15.4 Å². The van der Waals surface area contributed by atoms with Gasteiger partial charge in [0.15, 0.2) is 0 Å². The smallest absolute Gasteiger partial charge is 0.258 e. The van der Waals surface area contributed by atoms with Crippen LogP contribution in [0.2, 0.25) is 0 Å². The number of nitrogens with zero attached hydrogens (tertiary/aromatic N) is 3. The Morgan fingerprint density at radius 2 is 1.81 bits per heavy atom. The summed E-state index contributed by atoms with van der Waals surface area (Å²) in [5, 5.41) is 5.97. The van der Waals surface area contributed by atoms with E-state index in [9.17, 15) is 4.79 Å². The summed E-state index contributed by atoms with van der Waals surface area (Å²) in [4.78, 5) is 22.8. The van der Waals surface area contributed by atoms with Crippen LogP contribution in [-0.2, 0) is 0 Å². The Balaban J connectivity index is 1.85. The number of aromatic nitrogens is 2. The van der Waals surface area contributed by atoms with E-state index in [-0.39, 0.29) is 12.0 Å². The van der Waals surface area contributed by atoms with E-state index in [1.54, 1.807) is 12.1 Å². The average Bonchev–Trinajstić information content (AvgIpc) is 2.60. The summed E-state index contributed by atoms with van der Waals surface area (Å²) in [6.45, 7) is 5.72. The van der Waals surface area contributed by atoms with E-state index in [0.29, 0.717) is 17.2 Å². The molecule has 1 aromatic carbocycles. The van der Waals surface area contributed by atoms with E-state index in [1.807, 2.05) is 40.1 Å². The van der Waals surface area contributed by atoms with Crippen molar-refractivity contribution < 1.29 is 9.53 Å². The molecular formula is C19H27N5O2. The SMILES string of the molecule is CC(C)Oc1ccc(NC(=O)c2cnc(NCCCN(C)C)nc2)cc1. The molecule has 0 radical (unpaired) electrons. The highest BCUT2D eigenvalue weighted by Crippen LogP contribution is 2.17. The standard InChI is InChI=1S/C19H27N5O2/c1-14(2)26-17-8-6-16(7-9-17)23-18(25)15-12-21-19(22-13-15)20-10-5-11-24(3)4/h6-9,12-14H,5,10-11H2,1-4H3,(H,23,25)(H,20,21,22). The highest BCUT2D eigenvalue weighted by Gasteiger charge is 2.08. The highest BCUT2D eigenvalue weighted by molar-refractivity contribution is 6.03. The van der Waals surface area contributed by atoms with Crippen molar-refractivity contribution in [3.63, 3.8) is 0 Å². The molecule has 0 atom stereocenters. The van der Waals surface area contributed by atoms with E-state index < -0.39 is 0 Å². The molecule has 0 saturated carbocycles. The van der Waals surface area contributed by atoms with Gasteiger partial charge in [0.25, 0.3) is 5.91 Å². The summed E-state index contributed by atoms with van der Waals surface area (Å²) in [7, 11) is 4.07. The van der Waals surface area contributed by atoms with Gasteiger partial charge in [-0.15, -0.1) is 0 Å². The molecule has 7 nitrogen and oxygen atoms in total. The Labute approximate surface area is 154 Å². The lowest BCUT2D eigenvalue weighted by Gasteiger charge is -2.11. The van der Waals surface area contributed by atoms with Crippen molar-refractivity contribution in [1.82, 2.24) is 14.9 Å². The minimum Gasteiger partial charge on any atom is -0.491 e. The van der Waals surface area contributed by atoms with Crippen LogP contribution in [0.15, 0.2) is 36.7 Å². The van der Waals surface area contributed by atoms with Gasteiger partial charge in [-0.05, 0) is 65.2 Å². The second kappa shape index (κ2) is 9.72. The quantitative estimate of drug-likeness (QED) is 0.672. The first-order valence-corrected chi connectivity index (χ1v) is 8.73. The monoisotopic (exact) mass is 357 g/mol. The van der Waals surface area contributed by atoms with Crippen molar-refractivity contribution in [2.24, 2.45) is 0 Å². The maximum absolute atomic E-state index is 12.3. The van der Waals surface area contributed by atoms with Gasteiger partial charge in [-0.2, -0.15) is 0 Å². The molecule has 0 unspecified atom stereocenters. The van der Waals surface area contributed by atoms with Crippen molar-refractivity contribution in [2.45, 2.75) is 26.4 Å². The third-order valence-electron chi connectivity index (χ3n) is 3.46. The fraction of sp³-hybridized carbons (Fsp3) is 0.421. The number of nitrogens with one attached hydrogen (secondary N) is 2. The van der Waals surface area contributed by atoms with Crippen LogP contribution in [0.5, 0.6) is 5.75 Å². The fourth-order valence-corrected chi connectivity index (χ4v) is 2.22. The van der Waals surface area contributed by atoms with Gasteiger partial charge in [0.05, 0.1) is 11.7 Å². The van der Waals surface area contributed by atoms with Gasteiger partial charge in [0, 0.05) is 24.6 Å². The molecule has 0 aliphatic heterocycles. The zero-order chi connectivity index (χ0) is 18.9. The van der Waals surface area contributed by atoms with E-state index in [1.165, 1.54) is 12.4 Å². The van der Waals surface area contributed by atoms with Crippen LogP contribution in [0.4, 0.5) is 11.6 Å². The van der Waals surface area contributed by atoms with Crippen LogP contribution in [-0.4, -0.2) is 54.1 Å². The Morgan fingerprint density at radius 3 is 2.38 bits per heavy atom. The van der Waals surface area contributed by atoms with Crippen LogP contribution in [0.25, 0.3) is 0 Å². The largest absolute Gasteiger partial charge is 0.491 e. The highest BCUT2D eigenvalue weighted by atomic mass is 16.5. The first-order valence-electron chi connectivity index (χ1n) is 8.73. The lowest BCUT2D eigenvalue weighted by atomic mass is 10.2. The van der Waals surface area contributed by atoms with E-state index >= 15 is 0 Å². The molecule has 1 heterocycles. The van der Waals surface area contributed by atoms with Crippen LogP contribution in [0, 0.1) is 0 Å². The Morgan fingerprint density at radius 1 is 1.15 bits per heavy atom. The molecular weight excluding hydrogens is 330 g/mol. The lowest BCUT2D eigenvalue weighted by Crippen LogP contribution is -2.17. The van der Waals surface area contributed by atoms with Gasteiger partial charge in [-0.25, -0.2) is 9.97 Å². The third-order valence-corrected chi connectivity index (χ3v) is 3.46. The number of anilines is 2. The number of benzene rings is 1. The van der Waals surface area contributed by atoms with Crippen LogP contribution in [0.1, 0.15) is 30.6 Å². The molecule has 2 rings (SSSR count). The minimum atomic E-state index is -0.248. The molecule has 0 saturated heterocycles. The molecule has 0 aliphatic rings. The number of hydrogen-bond acceptors (Lipinski definition) is 6. The number of ether oxygens (including phenoxy) is 1. The predicted molar refractivity (Wildman–Crippen MR) is 104 cm³/mol. The molecule has 0 spiro atoms. The zero-order valence-corrected chi connectivity index (χ0v) is 15.8. The number of carbonyl (C=O) groups is 1. The molecule has 1 aromatic heterocycles. The Kier molecular flexibility index (Phi) is 7.35. The number of hydrogen-bond donors (Lipinski definition) is 2. The summed E-state index contributed by atoms with van der Waals surface area (Å²) in [6, 6.07) is 7.26. The fourth-order valence-electron chi connectivity index (χ4n) is 2.22. The normalized spacial score (nSPS) is 10.8. The maximum Gasteiger partial charge on any atom is 0.258 e. The Hall–Kier alpha value is -2.67. The summed E-state index contributed by atoms with van der Waals surface area (Å²) in [5.74, 6) is 1.04. The lowest BCUT2D eigenvalue weighted by molar-refractivity contribution is 0.102. The van der Waals surface area contributed by atoms with Crippen molar-refractivity contribution in [3.8, 4) is 5.75 Å². The molecule has 7 heteroatoms. The van der Waals surface area contributed by atoms with Gasteiger partial charge in [-0.3, -0.25) is 4.79 Å². The second-order valence-corrected chi connectivity index (χ2v) is 6.52. The maximum atomic E-state index is 12.3.